The monoisotopic (exact) mass is 336 g/mol. The minimum atomic E-state index is -0.492. The van der Waals surface area contributed by atoms with Gasteiger partial charge < -0.3 is 5.32 Å². The molecule has 0 atom stereocenters. The standard InChI is InChI=1S/C18H13ClN4O/c1-12-6-2-3-7-14(12)21-18(24)13(11-20)10-15-17(19)22-16-8-4-5-9-23(15)16/h2-10H,1H3,(H,21,24)/b13-10+. The van der Waals surface area contributed by atoms with Gasteiger partial charge in [-0.25, -0.2) is 4.98 Å². The summed E-state index contributed by atoms with van der Waals surface area (Å²) in [6, 6.07) is 14.7. The number of anilines is 1. The van der Waals surface area contributed by atoms with Crippen LogP contribution in [0.4, 0.5) is 5.69 Å². The molecule has 3 rings (SSSR count). The zero-order chi connectivity index (χ0) is 17.1. The van der Waals surface area contributed by atoms with Crippen molar-refractivity contribution in [1.82, 2.24) is 9.38 Å². The zero-order valence-corrected chi connectivity index (χ0v) is 13.6. The second-order valence-electron chi connectivity index (χ2n) is 5.16. The van der Waals surface area contributed by atoms with Crippen LogP contribution in [0.25, 0.3) is 11.7 Å². The van der Waals surface area contributed by atoms with Crippen LogP contribution in [0.2, 0.25) is 5.15 Å². The maximum absolute atomic E-state index is 12.4. The van der Waals surface area contributed by atoms with Gasteiger partial charge in [-0.3, -0.25) is 9.20 Å². The molecule has 0 radical (unpaired) electrons. The van der Waals surface area contributed by atoms with E-state index >= 15 is 0 Å². The number of rotatable bonds is 3. The van der Waals surface area contributed by atoms with Crippen LogP contribution in [0.15, 0.2) is 54.2 Å². The fourth-order valence-electron chi connectivity index (χ4n) is 2.30. The lowest BCUT2D eigenvalue weighted by Crippen LogP contribution is -2.14. The summed E-state index contributed by atoms with van der Waals surface area (Å²) in [6.07, 6.45) is 3.21. The summed E-state index contributed by atoms with van der Waals surface area (Å²) in [5.74, 6) is -0.492. The van der Waals surface area contributed by atoms with Gasteiger partial charge in [-0.05, 0) is 36.8 Å². The number of nitrogens with one attached hydrogen (secondary N) is 1. The number of halogens is 1. The molecule has 0 spiro atoms. The average molecular weight is 337 g/mol. The van der Waals surface area contributed by atoms with Crippen molar-refractivity contribution in [2.45, 2.75) is 6.92 Å². The van der Waals surface area contributed by atoms with Crippen molar-refractivity contribution in [3.05, 3.63) is 70.6 Å². The van der Waals surface area contributed by atoms with Gasteiger partial charge in [-0.1, -0.05) is 35.9 Å². The van der Waals surface area contributed by atoms with E-state index in [4.69, 9.17) is 11.6 Å². The Labute approximate surface area is 143 Å². The van der Waals surface area contributed by atoms with Gasteiger partial charge in [0.05, 0.1) is 5.69 Å². The molecule has 0 saturated heterocycles. The number of fused-ring (bicyclic) bond motifs is 1. The number of pyridine rings is 1. The van der Waals surface area contributed by atoms with Crippen LogP contribution in [-0.4, -0.2) is 15.3 Å². The molecule has 1 N–H and O–H groups in total. The van der Waals surface area contributed by atoms with Gasteiger partial charge in [-0.2, -0.15) is 5.26 Å². The molecule has 0 saturated carbocycles. The van der Waals surface area contributed by atoms with Crippen molar-refractivity contribution in [1.29, 1.82) is 5.26 Å². The van der Waals surface area contributed by atoms with Gasteiger partial charge in [0.15, 0.2) is 5.15 Å². The number of aryl methyl sites for hydroxylation is 1. The van der Waals surface area contributed by atoms with Crippen molar-refractivity contribution in [3.8, 4) is 6.07 Å². The molecule has 5 nitrogen and oxygen atoms in total. The maximum atomic E-state index is 12.4. The predicted octanol–water partition coefficient (Wildman–Crippen LogP) is 3.84. The summed E-state index contributed by atoms with van der Waals surface area (Å²) in [5.41, 5.74) is 2.66. The van der Waals surface area contributed by atoms with E-state index in [1.807, 2.05) is 43.3 Å². The summed E-state index contributed by atoms with van der Waals surface area (Å²) < 4.78 is 1.72. The number of aromatic nitrogens is 2. The van der Waals surface area contributed by atoms with E-state index in [0.29, 0.717) is 17.0 Å². The fraction of sp³-hybridized carbons (Fsp3) is 0.0556. The topological polar surface area (TPSA) is 70.2 Å². The van der Waals surface area contributed by atoms with Crippen molar-refractivity contribution in [3.63, 3.8) is 0 Å². The van der Waals surface area contributed by atoms with E-state index in [-0.39, 0.29) is 10.7 Å². The molecule has 24 heavy (non-hydrogen) atoms. The Hall–Kier alpha value is -3.10. The molecule has 0 aliphatic rings. The van der Waals surface area contributed by atoms with E-state index in [2.05, 4.69) is 10.3 Å². The Kier molecular flexibility index (Phi) is 4.32. The first-order valence-electron chi connectivity index (χ1n) is 7.21. The first kappa shape index (κ1) is 15.8. The number of nitriles is 1. The molecule has 1 amide bonds. The molecule has 0 unspecified atom stereocenters. The number of carbonyl (C=O) groups is 1. The molecule has 6 heteroatoms. The highest BCUT2D eigenvalue weighted by atomic mass is 35.5. The Morgan fingerprint density at radius 2 is 2.04 bits per heavy atom. The lowest BCUT2D eigenvalue weighted by molar-refractivity contribution is -0.112. The molecule has 3 aromatic rings. The van der Waals surface area contributed by atoms with Crippen molar-refractivity contribution in [2.24, 2.45) is 0 Å². The van der Waals surface area contributed by atoms with E-state index in [9.17, 15) is 10.1 Å². The Balaban J connectivity index is 1.97. The molecule has 0 aliphatic heterocycles. The molecule has 2 aromatic heterocycles. The third-order valence-electron chi connectivity index (χ3n) is 3.56. The van der Waals surface area contributed by atoms with Gasteiger partial charge in [0.25, 0.3) is 5.91 Å². The molecular formula is C18H13ClN4O. The van der Waals surface area contributed by atoms with Crippen molar-refractivity contribution < 1.29 is 4.79 Å². The highest BCUT2D eigenvalue weighted by Gasteiger charge is 2.14. The van der Waals surface area contributed by atoms with Crippen LogP contribution in [0.3, 0.4) is 0 Å². The quantitative estimate of drug-likeness (QED) is 0.583. The SMILES string of the molecule is Cc1ccccc1NC(=O)/C(C#N)=C/c1c(Cl)nc2ccccn12. The van der Waals surface area contributed by atoms with Crippen LogP contribution in [0, 0.1) is 18.3 Å². The van der Waals surface area contributed by atoms with Crippen LogP contribution in [0.1, 0.15) is 11.3 Å². The number of hydrogen-bond acceptors (Lipinski definition) is 3. The van der Waals surface area contributed by atoms with Gasteiger partial charge in [0.2, 0.25) is 0 Å². The van der Waals surface area contributed by atoms with E-state index in [1.165, 1.54) is 6.08 Å². The van der Waals surface area contributed by atoms with Crippen LogP contribution < -0.4 is 5.32 Å². The number of hydrogen-bond donors (Lipinski definition) is 1. The second-order valence-corrected chi connectivity index (χ2v) is 5.51. The number of para-hydroxylation sites is 1. The number of carbonyl (C=O) groups excluding carboxylic acids is 1. The van der Waals surface area contributed by atoms with Gasteiger partial charge in [0, 0.05) is 11.9 Å². The molecule has 0 aliphatic carbocycles. The van der Waals surface area contributed by atoms with Crippen LogP contribution in [-0.2, 0) is 4.79 Å². The smallest absolute Gasteiger partial charge is 0.266 e. The largest absolute Gasteiger partial charge is 0.321 e. The lowest BCUT2D eigenvalue weighted by atomic mass is 10.1. The Bertz CT molecular complexity index is 998. The third kappa shape index (κ3) is 3.00. The first-order chi connectivity index (χ1) is 11.6. The predicted molar refractivity (Wildman–Crippen MR) is 93.6 cm³/mol. The Morgan fingerprint density at radius 1 is 1.29 bits per heavy atom. The van der Waals surface area contributed by atoms with E-state index < -0.39 is 5.91 Å². The summed E-state index contributed by atoms with van der Waals surface area (Å²) >= 11 is 6.14. The highest BCUT2D eigenvalue weighted by Crippen LogP contribution is 2.21. The molecule has 0 bridgehead atoms. The van der Waals surface area contributed by atoms with Crippen molar-refractivity contribution >= 4 is 34.9 Å². The fourth-order valence-corrected chi connectivity index (χ4v) is 2.54. The van der Waals surface area contributed by atoms with Gasteiger partial charge >= 0.3 is 0 Å². The first-order valence-corrected chi connectivity index (χ1v) is 7.59. The number of imidazole rings is 1. The minimum absolute atomic E-state index is 0.0502. The summed E-state index contributed by atoms with van der Waals surface area (Å²) in [4.78, 5) is 16.6. The summed E-state index contributed by atoms with van der Waals surface area (Å²) in [7, 11) is 0. The maximum Gasteiger partial charge on any atom is 0.266 e. The van der Waals surface area contributed by atoms with Gasteiger partial charge in [-0.15, -0.1) is 0 Å². The van der Waals surface area contributed by atoms with Crippen molar-refractivity contribution in [2.75, 3.05) is 5.32 Å². The molecule has 118 valence electrons. The normalized spacial score (nSPS) is 11.3. The Morgan fingerprint density at radius 3 is 2.79 bits per heavy atom. The summed E-state index contributed by atoms with van der Waals surface area (Å²) in [5, 5.41) is 12.3. The van der Waals surface area contributed by atoms with Gasteiger partial charge in [0.1, 0.15) is 17.3 Å². The average Bonchev–Trinajstić information content (AvgIpc) is 2.90. The van der Waals surface area contributed by atoms with E-state index in [0.717, 1.165) is 5.56 Å². The number of amides is 1. The van der Waals surface area contributed by atoms with Crippen LogP contribution >= 0.6 is 11.6 Å². The van der Waals surface area contributed by atoms with E-state index in [1.54, 1.807) is 22.7 Å². The van der Waals surface area contributed by atoms with Crippen LogP contribution in [0.5, 0.6) is 0 Å². The molecular weight excluding hydrogens is 324 g/mol. The molecule has 2 heterocycles. The lowest BCUT2D eigenvalue weighted by Gasteiger charge is -2.07. The second kappa shape index (κ2) is 6.57. The summed E-state index contributed by atoms with van der Waals surface area (Å²) in [6.45, 7) is 1.88. The minimum Gasteiger partial charge on any atom is -0.321 e. The zero-order valence-electron chi connectivity index (χ0n) is 12.8. The highest BCUT2D eigenvalue weighted by molar-refractivity contribution is 6.31. The number of benzene rings is 1. The molecule has 1 aromatic carbocycles. The number of nitrogens with zero attached hydrogens (tertiary/aromatic N) is 3. The third-order valence-corrected chi connectivity index (χ3v) is 3.84. The molecule has 0 fully saturated rings.